The second kappa shape index (κ2) is 11.1. The van der Waals surface area contributed by atoms with Gasteiger partial charge in [0, 0.05) is 16.6 Å². The molecule has 1 heterocycles. The quantitative estimate of drug-likeness (QED) is 0.428. The number of carbonyl (C=O) groups excluding carboxylic acids is 1. The topological polar surface area (TPSA) is 35.5 Å². The Hall–Kier alpha value is -1.94. The SMILES string of the molecule is CCC(CC)(/C1=C/C/C=C(OC)\C=C/CS1)c1ccc(OCC(=O)C(C)(C)C)c(C)c1. The third kappa shape index (κ3) is 6.29. The molecule has 0 aliphatic carbocycles. The van der Waals surface area contributed by atoms with E-state index in [0.717, 1.165) is 42.1 Å². The van der Waals surface area contributed by atoms with Crippen molar-refractivity contribution in [3.05, 3.63) is 64.3 Å². The molecular formula is C27H38O3S. The Labute approximate surface area is 193 Å². The fourth-order valence-electron chi connectivity index (χ4n) is 3.81. The van der Waals surface area contributed by atoms with E-state index in [2.05, 4.69) is 57.2 Å². The lowest BCUT2D eigenvalue weighted by Crippen LogP contribution is -2.27. The smallest absolute Gasteiger partial charge is 0.175 e. The number of thioether (sulfide) groups is 1. The Morgan fingerprint density at radius 2 is 1.84 bits per heavy atom. The van der Waals surface area contributed by atoms with Crippen LogP contribution in [-0.2, 0) is 14.9 Å². The van der Waals surface area contributed by atoms with Crippen LogP contribution < -0.4 is 4.74 Å². The standard InChI is InChI=1S/C27H38O3S/c1-8-27(9-2,25-14-10-12-22(29-7)13-11-17-31-25)21-15-16-23(20(3)18-21)30-19-24(28)26(4,5)6/h11-16,18H,8-10,17,19H2,1-7H3/b13-11-,22-12+,25-14-. The van der Waals surface area contributed by atoms with Crippen LogP contribution in [0.15, 0.2) is 53.2 Å². The van der Waals surface area contributed by atoms with E-state index in [0.29, 0.717) is 0 Å². The minimum atomic E-state index is -0.389. The number of ether oxygens (including phenoxy) is 2. The number of hydrogen-bond donors (Lipinski definition) is 0. The molecule has 0 fully saturated rings. The Bertz CT molecular complexity index is 852. The van der Waals surface area contributed by atoms with Crippen LogP contribution in [0, 0.1) is 12.3 Å². The first-order chi connectivity index (χ1) is 14.7. The molecule has 0 atom stereocenters. The van der Waals surface area contributed by atoms with Crippen LogP contribution in [0.2, 0.25) is 0 Å². The minimum Gasteiger partial charge on any atom is -0.497 e. The molecular weight excluding hydrogens is 404 g/mol. The van der Waals surface area contributed by atoms with Crippen molar-refractivity contribution < 1.29 is 14.3 Å². The maximum atomic E-state index is 12.3. The van der Waals surface area contributed by atoms with E-state index >= 15 is 0 Å². The zero-order valence-corrected chi connectivity index (χ0v) is 21.0. The lowest BCUT2D eigenvalue weighted by Gasteiger charge is -2.35. The highest BCUT2D eigenvalue weighted by Gasteiger charge is 2.33. The third-order valence-electron chi connectivity index (χ3n) is 6.08. The summed E-state index contributed by atoms with van der Waals surface area (Å²) in [6.45, 7) is 12.5. The minimum absolute atomic E-state index is 0.0333. The van der Waals surface area contributed by atoms with Crippen molar-refractivity contribution in [1.82, 2.24) is 0 Å². The average molecular weight is 443 g/mol. The molecule has 0 bridgehead atoms. The van der Waals surface area contributed by atoms with Crippen molar-refractivity contribution >= 4 is 17.5 Å². The van der Waals surface area contributed by atoms with Gasteiger partial charge in [-0.25, -0.2) is 0 Å². The predicted octanol–water partition coefficient (Wildman–Crippen LogP) is 7.15. The van der Waals surface area contributed by atoms with Crippen molar-refractivity contribution in [2.75, 3.05) is 19.5 Å². The number of methoxy groups -OCH3 is 1. The van der Waals surface area contributed by atoms with E-state index in [1.807, 2.05) is 38.6 Å². The van der Waals surface area contributed by atoms with E-state index in [-0.39, 0.29) is 23.2 Å². The van der Waals surface area contributed by atoms with Crippen LogP contribution in [0.1, 0.15) is 65.0 Å². The summed E-state index contributed by atoms with van der Waals surface area (Å²) in [5.41, 5.74) is 1.96. The van der Waals surface area contributed by atoms with E-state index in [1.54, 1.807) is 7.11 Å². The van der Waals surface area contributed by atoms with E-state index in [4.69, 9.17) is 9.47 Å². The summed E-state index contributed by atoms with van der Waals surface area (Å²) in [5, 5.41) is 0. The van der Waals surface area contributed by atoms with Gasteiger partial charge < -0.3 is 9.47 Å². The van der Waals surface area contributed by atoms with E-state index in [9.17, 15) is 4.79 Å². The van der Waals surface area contributed by atoms with Crippen LogP contribution in [0.25, 0.3) is 0 Å². The maximum Gasteiger partial charge on any atom is 0.175 e. The Kier molecular flexibility index (Phi) is 9.05. The summed E-state index contributed by atoms with van der Waals surface area (Å²) in [4.78, 5) is 13.7. The zero-order chi connectivity index (χ0) is 23.1. The maximum absolute atomic E-state index is 12.3. The summed E-state index contributed by atoms with van der Waals surface area (Å²) >= 11 is 1.91. The van der Waals surface area contributed by atoms with Crippen LogP contribution in [0.5, 0.6) is 5.75 Å². The molecule has 4 heteroatoms. The van der Waals surface area contributed by atoms with E-state index < -0.39 is 0 Å². The number of hydrogen-bond acceptors (Lipinski definition) is 4. The molecule has 0 saturated carbocycles. The van der Waals surface area contributed by atoms with Gasteiger partial charge in [-0.1, -0.05) is 58.9 Å². The first-order valence-corrected chi connectivity index (χ1v) is 12.2. The molecule has 0 saturated heterocycles. The molecule has 0 unspecified atom stereocenters. The normalized spacial score (nSPS) is 19.7. The van der Waals surface area contributed by atoms with Gasteiger partial charge in [-0.2, -0.15) is 0 Å². The van der Waals surface area contributed by atoms with Gasteiger partial charge >= 0.3 is 0 Å². The second-order valence-corrected chi connectivity index (χ2v) is 10.1. The largest absolute Gasteiger partial charge is 0.497 e. The summed E-state index contributed by atoms with van der Waals surface area (Å²) in [6.07, 6.45) is 11.6. The highest BCUT2D eigenvalue weighted by molar-refractivity contribution is 8.03. The summed E-state index contributed by atoms with van der Waals surface area (Å²) in [6, 6.07) is 6.45. The van der Waals surface area contributed by atoms with Gasteiger partial charge in [0.05, 0.1) is 7.11 Å². The number of aryl methyl sites for hydroxylation is 1. The van der Waals surface area contributed by atoms with Crippen LogP contribution in [0.3, 0.4) is 0 Å². The molecule has 0 amide bonds. The molecule has 1 aliphatic heterocycles. The Morgan fingerprint density at radius 3 is 2.42 bits per heavy atom. The number of allylic oxidation sites excluding steroid dienone is 4. The van der Waals surface area contributed by atoms with Crippen LogP contribution in [0.4, 0.5) is 0 Å². The van der Waals surface area contributed by atoms with Gasteiger partial charge in [0.1, 0.15) is 18.1 Å². The number of rotatable bonds is 8. The third-order valence-corrected chi connectivity index (χ3v) is 7.30. The summed E-state index contributed by atoms with van der Waals surface area (Å²) in [7, 11) is 1.72. The summed E-state index contributed by atoms with van der Waals surface area (Å²) < 4.78 is 11.3. The van der Waals surface area contributed by atoms with Crippen LogP contribution >= 0.6 is 11.8 Å². The van der Waals surface area contributed by atoms with Crippen molar-refractivity contribution in [2.45, 2.75) is 66.2 Å². The molecule has 1 aromatic carbocycles. The molecule has 1 aliphatic rings. The van der Waals surface area contributed by atoms with Crippen LogP contribution in [-0.4, -0.2) is 25.3 Å². The van der Waals surface area contributed by atoms with Crippen molar-refractivity contribution in [1.29, 1.82) is 0 Å². The fraction of sp³-hybridized carbons (Fsp3) is 0.519. The number of Topliss-reactive ketones (excluding diaryl/α,β-unsaturated/α-hetero) is 1. The predicted molar refractivity (Wildman–Crippen MR) is 133 cm³/mol. The number of benzene rings is 1. The monoisotopic (exact) mass is 442 g/mol. The lowest BCUT2D eigenvalue weighted by atomic mass is 9.74. The molecule has 2 rings (SSSR count). The van der Waals surface area contributed by atoms with Crippen molar-refractivity contribution in [3.63, 3.8) is 0 Å². The highest BCUT2D eigenvalue weighted by Crippen LogP contribution is 2.45. The second-order valence-electron chi connectivity index (χ2n) is 9.06. The van der Waals surface area contributed by atoms with Gasteiger partial charge in [-0.3, -0.25) is 4.79 Å². The average Bonchev–Trinajstić information content (AvgIpc) is 2.86. The van der Waals surface area contributed by atoms with Gasteiger partial charge in [0.15, 0.2) is 5.78 Å². The van der Waals surface area contributed by atoms with E-state index in [1.165, 1.54) is 10.5 Å². The first kappa shape index (κ1) is 25.3. The van der Waals surface area contributed by atoms with Gasteiger partial charge in [0.25, 0.3) is 0 Å². The fourth-order valence-corrected chi connectivity index (χ4v) is 5.08. The number of ketones is 1. The number of carbonyl (C=O) groups is 1. The van der Waals surface area contributed by atoms with Gasteiger partial charge in [-0.05, 0) is 60.4 Å². The van der Waals surface area contributed by atoms with Crippen molar-refractivity contribution in [3.8, 4) is 5.75 Å². The molecule has 1 aromatic rings. The van der Waals surface area contributed by atoms with Gasteiger partial charge in [-0.15, -0.1) is 11.8 Å². The summed E-state index contributed by atoms with van der Waals surface area (Å²) in [5.74, 6) is 2.73. The molecule has 31 heavy (non-hydrogen) atoms. The Balaban J connectivity index is 2.33. The molecule has 170 valence electrons. The van der Waals surface area contributed by atoms with Crippen molar-refractivity contribution in [2.24, 2.45) is 5.41 Å². The zero-order valence-electron chi connectivity index (χ0n) is 20.2. The highest BCUT2D eigenvalue weighted by atomic mass is 32.2. The molecule has 0 spiro atoms. The molecule has 0 aromatic heterocycles. The molecule has 3 nitrogen and oxygen atoms in total. The first-order valence-electron chi connectivity index (χ1n) is 11.2. The Morgan fingerprint density at radius 1 is 1.13 bits per heavy atom. The lowest BCUT2D eigenvalue weighted by molar-refractivity contribution is -0.128. The van der Waals surface area contributed by atoms with Gasteiger partial charge in [0.2, 0.25) is 0 Å². The molecule has 0 N–H and O–H groups in total. The molecule has 0 radical (unpaired) electrons.